The molecular formula is C16H16N2O7S. The number of methoxy groups -OCH3 is 1. The molecule has 3 rings (SSSR count). The Bertz CT molecular complexity index is 944. The summed E-state index contributed by atoms with van der Waals surface area (Å²) in [5.74, 6) is 0.958. The van der Waals surface area contributed by atoms with E-state index in [9.17, 15) is 18.5 Å². The molecule has 138 valence electrons. The molecule has 2 aromatic rings. The van der Waals surface area contributed by atoms with E-state index >= 15 is 0 Å². The van der Waals surface area contributed by atoms with Crippen LogP contribution in [0, 0.1) is 10.1 Å². The van der Waals surface area contributed by atoms with E-state index in [1.165, 1.54) is 37.4 Å². The molecule has 0 bridgehead atoms. The SMILES string of the molecule is COc1ccc([N+](=O)[O-])cc1NS(=O)(=O)c1ccc2c(c1)OCCCO2. The molecule has 10 heteroatoms. The van der Waals surface area contributed by atoms with Crippen molar-refractivity contribution in [3.05, 3.63) is 46.5 Å². The lowest BCUT2D eigenvalue weighted by Gasteiger charge is -2.13. The van der Waals surface area contributed by atoms with Gasteiger partial charge in [0, 0.05) is 24.6 Å². The molecule has 2 aromatic carbocycles. The zero-order valence-electron chi connectivity index (χ0n) is 13.8. The summed E-state index contributed by atoms with van der Waals surface area (Å²) >= 11 is 0. The first-order valence-electron chi connectivity index (χ1n) is 7.65. The van der Waals surface area contributed by atoms with Gasteiger partial charge >= 0.3 is 0 Å². The van der Waals surface area contributed by atoms with Gasteiger partial charge in [-0.3, -0.25) is 14.8 Å². The molecular weight excluding hydrogens is 364 g/mol. The molecule has 0 spiro atoms. The maximum Gasteiger partial charge on any atom is 0.271 e. The van der Waals surface area contributed by atoms with Crippen molar-refractivity contribution in [3.63, 3.8) is 0 Å². The monoisotopic (exact) mass is 380 g/mol. The maximum absolute atomic E-state index is 12.7. The van der Waals surface area contributed by atoms with Crippen molar-refractivity contribution in [2.24, 2.45) is 0 Å². The van der Waals surface area contributed by atoms with E-state index < -0.39 is 14.9 Å². The van der Waals surface area contributed by atoms with E-state index in [0.717, 1.165) is 6.07 Å². The number of fused-ring (bicyclic) bond motifs is 1. The van der Waals surface area contributed by atoms with Crippen molar-refractivity contribution in [3.8, 4) is 17.2 Å². The lowest BCUT2D eigenvalue weighted by atomic mass is 10.2. The number of nitrogens with zero attached hydrogens (tertiary/aromatic N) is 1. The van der Waals surface area contributed by atoms with Crippen molar-refractivity contribution in [1.29, 1.82) is 0 Å². The summed E-state index contributed by atoms with van der Waals surface area (Å²) in [6, 6.07) is 7.89. The van der Waals surface area contributed by atoms with Gasteiger partial charge in [-0.25, -0.2) is 8.42 Å². The van der Waals surface area contributed by atoms with Crippen molar-refractivity contribution >= 4 is 21.4 Å². The van der Waals surface area contributed by atoms with E-state index in [1.807, 2.05) is 0 Å². The number of nitro groups is 1. The zero-order chi connectivity index (χ0) is 18.7. The fourth-order valence-corrected chi connectivity index (χ4v) is 3.48. The van der Waals surface area contributed by atoms with Crippen molar-refractivity contribution < 1.29 is 27.6 Å². The average Bonchev–Trinajstić information content (AvgIpc) is 2.86. The molecule has 0 radical (unpaired) electrons. The minimum atomic E-state index is -4.02. The second kappa shape index (κ2) is 7.08. The van der Waals surface area contributed by atoms with Crippen LogP contribution in [0.2, 0.25) is 0 Å². The van der Waals surface area contributed by atoms with Crippen molar-refractivity contribution in [2.45, 2.75) is 11.3 Å². The van der Waals surface area contributed by atoms with Gasteiger partial charge in [0.25, 0.3) is 15.7 Å². The van der Waals surface area contributed by atoms with E-state index in [4.69, 9.17) is 14.2 Å². The zero-order valence-corrected chi connectivity index (χ0v) is 14.6. The Labute approximate surface area is 149 Å². The van der Waals surface area contributed by atoms with Gasteiger partial charge in [0.05, 0.1) is 35.8 Å². The minimum Gasteiger partial charge on any atom is -0.495 e. The van der Waals surface area contributed by atoms with Crippen LogP contribution in [0.25, 0.3) is 0 Å². The van der Waals surface area contributed by atoms with Gasteiger partial charge in [0.1, 0.15) is 5.75 Å². The van der Waals surface area contributed by atoms with Gasteiger partial charge < -0.3 is 14.2 Å². The van der Waals surface area contributed by atoms with Gasteiger partial charge in [-0.05, 0) is 18.2 Å². The lowest BCUT2D eigenvalue weighted by Crippen LogP contribution is -2.14. The molecule has 1 heterocycles. The van der Waals surface area contributed by atoms with Gasteiger partial charge in [-0.2, -0.15) is 0 Å². The molecule has 1 N–H and O–H groups in total. The molecule has 0 saturated heterocycles. The first-order valence-corrected chi connectivity index (χ1v) is 9.14. The highest BCUT2D eigenvalue weighted by atomic mass is 32.2. The minimum absolute atomic E-state index is 0.0335. The number of hydrogen-bond donors (Lipinski definition) is 1. The first-order chi connectivity index (χ1) is 12.4. The Morgan fingerprint density at radius 2 is 1.85 bits per heavy atom. The molecule has 26 heavy (non-hydrogen) atoms. The van der Waals surface area contributed by atoms with Crippen molar-refractivity contribution in [1.82, 2.24) is 0 Å². The van der Waals surface area contributed by atoms with E-state index in [1.54, 1.807) is 0 Å². The number of benzene rings is 2. The number of nitrogens with one attached hydrogen (secondary N) is 1. The van der Waals surface area contributed by atoms with E-state index in [0.29, 0.717) is 31.1 Å². The Morgan fingerprint density at radius 1 is 1.12 bits per heavy atom. The molecule has 0 saturated carbocycles. The Hall–Kier alpha value is -3.01. The van der Waals surface area contributed by atoms with Crippen LogP contribution in [-0.4, -0.2) is 33.7 Å². The Kier molecular flexibility index (Phi) is 4.85. The topological polar surface area (TPSA) is 117 Å². The average molecular weight is 380 g/mol. The lowest BCUT2D eigenvalue weighted by molar-refractivity contribution is -0.384. The highest BCUT2D eigenvalue weighted by molar-refractivity contribution is 7.92. The third kappa shape index (κ3) is 3.64. The van der Waals surface area contributed by atoms with Gasteiger partial charge in [0.2, 0.25) is 0 Å². The second-order valence-corrected chi connectivity index (χ2v) is 7.09. The number of rotatable bonds is 5. The molecule has 0 unspecified atom stereocenters. The van der Waals surface area contributed by atoms with Crippen LogP contribution in [0.4, 0.5) is 11.4 Å². The summed E-state index contributed by atoms with van der Waals surface area (Å²) in [7, 11) is -2.68. The highest BCUT2D eigenvalue weighted by Gasteiger charge is 2.21. The predicted octanol–water partition coefficient (Wildman–Crippen LogP) is 2.57. The highest BCUT2D eigenvalue weighted by Crippen LogP contribution is 2.34. The van der Waals surface area contributed by atoms with Crippen LogP contribution in [0.1, 0.15) is 6.42 Å². The number of anilines is 1. The summed E-state index contributed by atoms with van der Waals surface area (Å²) in [6.45, 7) is 0.908. The fraction of sp³-hybridized carbons (Fsp3) is 0.250. The molecule has 1 aliphatic heterocycles. The summed E-state index contributed by atoms with van der Waals surface area (Å²) in [5.41, 5.74) is -0.295. The standard InChI is InChI=1S/C16H16N2O7S/c1-23-14-5-3-11(18(19)20)9-13(14)17-26(21,22)12-4-6-15-16(10-12)25-8-2-7-24-15/h3-6,9-10,17H,2,7-8H2,1H3. The number of hydrogen-bond acceptors (Lipinski definition) is 7. The maximum atomic E-state index is 12.7. The van der Waals surface area contributed by atoms with Crippen molar-refractivity contribution in [2.75, 3.05) is 25.0 Å². The smallest absolute Gasteiger partial charge is 0.271 e. The molecule has 1 aliphatic rings. The normalized spacial score (nSPS) is 13.6. The molecule has 0 atom stereocenters. The van der Waals surface area contributed by atoms with Crippen LogP contribution < -0.4 is 18.9 Å². The third-order valence-electron chi connectivity index (χ3n) is 3.67. The Morgan fingerprint density at radius 3 is 2.54 bits per heavy atom. The van der Waals surface area contributed by atoms with Crippen LogP contribution in [-0.2, 0) is 10.0 Å². The molecule has 9 nitrogen and oxygen atoms in total. The summed E-state index contributed by atoms with van der Waals surface area (Å²) in [4.78, 5) is 10.3. The van der Waals surface area contributed by atoms with Crippen LogP contribution >= 0.6 is 0 Å². The van der Waals surface area contributed by atoms with Gasteiger partial charge in [0.15, 0.2) is 11.5 Å². The van der Waals surface area contributed by atoms with Crippen LogP contribution in [0.5, 0.6) is 17.2 Å². The van der Waals surface area contributed by atoms with Crippen LogP contribution in [0.15, 0.2) is 41.3 Å². The first kappa shape index (κ1) is 17.8. The number of sulfonamides is 1. The summed E-state index contributed by atoms with van der Waals surface area (Å²) in [6.07, 6.45) is 0.694. The van der Waals surface area contributed by atoms with E-state index in [2.05, 4.69) is 4.72 Å². The fourth-order valence-electron chi connectivity index (χ4n) is 2.40. The number of ether oxygens (including phenoxy) is 3. The second-order valence-electron chi connectivity index (χ2n) is 5.41. The van der Waals surface area contributed by atoms with E-state index in [-0.39, 0.29) is 22.0 Å². The van der Waals surface area contributed by atoms with Crippen LogP contribution in [0.3, 0.4) is 0 Å². The van der Waals surface area contributed by atoms with Gasteiger partial charge in [-0.15, -0.1) is 0 Å². The third-order valence-corrected chi connectivity index (χ3v) is 5.03. The quantitative estimate of drug-likeness (QED) is 0.626. The van der Waals surface area contributed by atoms with Gasteiger partial charge in [-0.1, -0.05) is 0 Å². The molecule has 0 aromatic heterocycles. The molecule has 0 aliphatic carbocycles. The largest absolute Gasteiger partial charge is 0.495 e. The molecule has 0 amide bonds. The summed E-state index contributed by atoms with van der Waals surface area (Å²) < 4.78 is 43.7. The predicted molar refractivity (Wildman–Crippen MR) is 92.5 cm³/mol. The Balaban J connectivity index is 1.96. The number of nitro benzene ring substituents is 1. The number of non-ortho nitro benzene ring substituents is 1. The summed E-state index contributed by atoms with van der Waals surface area (Å²) in [5, 5.41) is 10.9. The molecule has 0 fully saturated rings.